The third-order valence-electron chi connectivity index (χ3n) is 5.00. The van der Waals surface area contributed by atoms with Crippen molar-refractivity contribution in [1.29, 1.82) is 0 Å². The Morgan fingerprint density at radius 2 is 1.72 bits per heavy atom. The van der Waals surface area contributed by atoms with Gasteiger partial charge >= 0.3 is 5.97 Å². The molecular weight excluding hydrogens is 312 g/mol. The fourth-order valence-electron chi connectivity index (χ4n) is 3.56. The Bertz CT molecular complexity index is 515. The van der Waals surface area contributed by atoms with Gasteiger partial charge < -0.3 is 9.84 Å². The van der Waals surface area contributed by atoms with Crippen LogP contribution in [-0.4, -0.2) is 23.3 Å². The largest absolute Gasteiger partial charge is 0.458 e. The van der Waals surface area contributed by atoms with Gasteiger partial charge in [-0.3, -0.25) is 4.79 Å². The fourth-order valence-corrected chi connectivity index (χ4v) is 3.56. The molecule has 25 heavy (non-hydrogen) atoms. The Labute approximate surface area is 152 Å². The second-order valence-electron chi connectivity index (χ2n) is 6.96. The molecule has 1 aliphatic heterocycles. The summed E-state index contributed by atoms with van der Waals surface area (Å²) in [5.41, 5.74) is 0. The van der Waals surface area contributed by atoms with Crippen LogP contribution in [0.15, 0.2) is 48.6 Å². The smallest absolute Gasteiger partial charge is 0.306 e. The van der Waals surface area contributed by atoms with E-state index in [1.54, 1.807) is 0 Å². The molecule has 3 nitrogen and oxygen atoms in total. The summed E-state index contributed by atoms with van der Waals surface area (Å²) in [5, 5.41) is 10.2. The molecule has 1 N–H and O–H groups in total. The van der Waals surface area contributed by atoms with Crippen LogP contribution in [0.4, 0.5) is 0 Å². The second-order valence-corrected chi connectivity index (χ2v) is 6.96. The van der Waals surface area contributed by atoms with Crippen molar-refractivity contribution < 1.29 is 14.6 Å². The molecule has 2 rings (SSSR count). The molecule has 1 saturated carbocycles. The standard InChI is InChI=1S/C22H32O3/c1-2-3-4-5-6-7-8-9-10-11-18-12-16-21(23)20(18)15-13-19-14-17-22(24)25-19/h3-4,6-7,9-10,13,15,18-21,23H,2,5,8,11-12,14,16-17H2,1H3/b4-3-,7-6-,10-9-,15-13+/t18-,19+,20-,21-/m0/s1. The van der Waals surface area contributed by atoms with E-state index >= 15 is 0 Å². The third-order valence-corrected chi connectivity index (χ3v) is 5.00. The highest BCUT2D eigenvalue weighted by molar-refractivity contribution is 5.71. The normalized spacial score (nSPS) is 30.6. The summed E-state index contributed by atoms with van der Waals surface area (Å²) in [6.45, 7) is 2.14. The first-order chi connectivity index (χ1) is 12.2. The number of aliphatic hydroxyl groups is 1. The maximum atomic E-state index is 11.2. The maximum absolute atomic E-state index is 11.2. The van der Waals surface area contributed by atoms with E-state index in [9.17, 15) is 9.90 Å². The van der Waals surface area contributed by atoms with E-state index in [4.69, 9.17) is 4.74 Å². The Hall–Kier alpha value is -1.61. The Kier molecular flexibility index (Phi) is 8.75. The molecule has 2 fully saturated rings. The van der Waals surface area contributed by atoms with Crippen molar-refractivity contribution in [1.82, 2.24) is 0 Å². The molecule has 0 radical (unpaired) electrons. The molecule has 0 unspecified atom stereocenters. The van der Waals surface area contributed by atoms with Gasteiger partial charge in [0.2, 0.25) is 0 Å². The van der Waals surface area contributed by atoms with Gasteiger partial charge in [0.15, 0.2) is 0 Å². The zero-order valence-electron chi connectivity index (χ0n) is 15.3. The summed E-state index contributed by atoms with van der Waals surface area (Å²) in [6.07, 6.45) is 24.2. The Morgan fingerprint density at radius 1 is 1.00 bits per heavy atom. The molecule has 0 spiro atoms. The number of hydrogen-bond acceptors (Lipinski definition) is 3. The zero-order valence-corrected chi connectivity index (χ0v) is 15.3. The van der Waals surface area contributed by atoms with E-state index in [1.807, 2.05) is 6.08 Å². The predicted octanol–water partition coefficient (Wildman–Crippen LogP) is 4.88. The van der Waals surface area contributed by atoms with Crippen LogP contribution in [0.5, 0.6) is 0 Å². The number of cyclic esters (lactones) is 1. The van der Waals surface area contributed by atoms with Gasteiger partial charge in [-0.15, -0.1) is 0 Å². The number of rotatable bonds is 9. The van der Waals surface area contributed by atoms with Gasteiger partial charge in [0.05, 0.1) is 6.10 Å². The molecule has 0 aromatic heterocycles. The molecule has 138 valence electrons. The van der Waals surface area contributed by atoms with Crippen LogP contribution in [0.1, 0.15) is 58.3 Å². The van der Waals surface area contributed by atoms with Crippen molar-refractivity contribution in [2.45, 2.75) is 70.5 Å². The molecule has 0 aromatic rings. The number of esters is 1. The van der Waals surface area contributed by atoms with Crippen molar-refractivity contribution >= 4 is 5.97 Å². The first-order valence-corrected chi connectivity index (χ1v) is 9.71. The Balaban J connectivity index is 1.72. The molecule has 0 amide bonds. The highest BCUT2D eigenvalue weighted by Crippen LogP contribution is 2.36. The van der Waals surface area contributed by atoms with E-state index in [1.165, 1.54) is 0 Å². The molecular formula is C22H32O3. The quantitative estimate of drug-likeness (QED) is 0.479. The van der Waals surface area contributed by atoms with Crippen LogP contribution in [0.3, 0.4) is 0 Å². The lowest BCUT2D eigenvalue weighted by Crippen LogP contribution is -2.17. The van der Waals surface area contributed by atoms with Gasteiger partial charge in [-0.2, -0.15) is 0 Å². The van der Waals surface area contributed by atoms with Gasteiger partial charge in [-0.1, -0.05) is 49.5 Å². The van der Waals surface area contributed by atoms with Crippen molar-refractivity contribution in [3.05, 3.63) is 48.6 Å². The van der Waals surface area contributed by atoms with Gasteiger partial charge in [-0.05, 0) is 56.9 Å². The van der Waals surface area contributed by atoms with Crippen LogP contribution in [0, 0.1) is 11.8 Å². The van der Waals surface area contributed by atoms with Crippen molar-refractivity contribution in [2.75, 3.05) is 0 Å². The van der Waals surface area contributed by atoms with Crippen LogP contribution in [0.2, 0.25) is 0 Å². The molecule has 0 bridgehead atoms. The average molecular weight is 344 g/mol. The summed E-state index contributed by atoms with van der Waals surface area (Å²) < 4.78 is 5.22. The average Bonchev–Trinajstić information content (AvgIpc) is 3.17. The summed E-state index contributed by atoms with van der Waals surface area (Å²) in [6, 6.07) is 0. The molecule has 1 heterocycles. The summed E-state index contributed by atoms with van der Waals surface area (Å²) in [4.78, 5) is 11.2. The van der Waals surface area contributed by atoms with Crippen LogP contribution < -0.4 is 0 Å². The lowest BCUT2D eigenvalue weighted by molar-refractivity contribution is -0.140. The molecule has 3 heteroatoms. The zero-order chi connectivity index (χ0) is 17.9. The predicted molar refractivity (Wildman–Crippen MR) is 102 cm³/mol. The van der Waals surface area contributed by atoms with E-state index in [2.05, 4.69) is 49.5 Å². The number of ether oxygens (including phenoxy) is 1. The van der Waals surface area contributed by atoms with Crippen molar-refractivity contribution in [3.8, 4) is 0 Å². The lowest BCUT2D eigenvalue weighted by atomic mass is 9.90. The maximum Gasteiger partial charge on any atom is 0.306 e. The van der Waals surface area contributed by atoms with Crippen LogP contribution >= 0.6 is 0 Å². The second kappa shape index (κ2) is 11.1. The van der Waals surface area contributed by atoms with Gasteiger partial charge in [0.1, 0.15) is 6.10 Å². The summed E-state index contributed by atoms with van der Waals surface area (Å²) >= 11 is 0. The molecule has 4 atom stereocenters. The van der Waals surface area contributed by atoms with E-state index < -0.39 is 0 Å². The number of carbonyl (C=O) groups excluding carboxylic acids is 1. The first-order valence-electron chi connectivity index (χ1n) is 9.71. The molecule has 1 saturated heterocycles. The van der Waals surface area contributed by atoms with Gasteiger partial charge in [-0.25, -0.2) is 0 Å². The van der Waals surface area contributed by atoms with E-state index in [0.717, 1.165) is 44.9 Å². The molecule has 1 aliphatic carbocycles. The highest BCUT2D eigenvalue weighted by Gasteiger charge is 2.32. The lowest BCUT2D eigenvalue weighted by Gasteiger charge is -2.17. The Morgan fingerprint density at radius 3 is 2.40 bits per heavy atom. The minimum absolute atomic E-state index is 0.0941. The third kappa shape index (κ3) is 7.03. The molecule has 0 aromatic carbocycles. The summed E-state index contributed by atoms with van der Waals surface area (Å²) in [5.74, 6) is 0.550. The van der Waals surface area contributed by atoms with Crippen LogP contribution in [0.25, 0.3) is 0 Å². The minimum Gasteiger partial charge on any atom is -0.458 e. The number of carbonyl (C=O) groups is 1. The monoisotopic (exact) mass is 344 g/mol. The van der Waals surface area contributed by atoms with Crippen molar-refractivity contribution in [2.24, 2.45) is 11.8 Å². The summed E-state index contributed by atoms with van der Waals surface area (Å²) in [7, 11) is 0. The van der Waals surface area contributed by atoms with E-state index in [0.29, 0.717) is 12.3 Å². The van der Waals surface area contributed by atoms with Crippen molar-refractivity contribution in [3.63, 3.8) is 0 Å². The first kappa shape index (κ1) is 19.7. The number of allylic oxidation sites excluding steroid dienone is 6. The van der Waals surface area contributed by atoms with Crippen LogP contribution in [-0.2, 0) is 9.53 Å². The number of hydrogen-bond donors (Lipinski definition) is 1. The van der Waals surface area contributed by atoms with E-state index in [-0.39, 0.29) is 24.1 Å². The SMILES string of the molecule is CC/C=C\C/C=C\C/C=C\C[C@H]1CC[C@H](O)[C@H]1/C=C/[C@@H]1CCC(=O)O1. The van der Waals surface area contributed by atoms with Gasteiger partial charge in [0.25, 0.3) is 0 Å². The molecule has 2 aliphatic rings. The minimum atomic E-state index is -0.267. The highest BCUT2D eigenvalue weighted by atomic mass is 16.5. The fraction of sp³-hybridized carbons (Fsp3) is 0.591. The van der Waals surface area contributed by atoms with Gasteiger partial charge in [0, 0.05) is 12.3 Å². The number of aliphatic hydroxyl groups excluding tert-OH is 1. The topological polar surface area (TPSA) is 46.5 Å².